The molecule has 0 bridgehead atoms. The van der Waals surface area contributed by atoms with E-state index in [1.54, 1.807) is 0 Å². The van der Waals surface area contributed by atoms with Gasteiger partial charge in [-0.05, 0) is 24.6 Å². The molecular weight excluding hydrogens is 212 g/mol. The standard InChI is InChI=1S/C13H18N4/c1-10-11(14)4-3-5-12(10)15-7-6-13-16-8-9-17(13)2/h3-5,8-9,15H,6-7,14H2,1-2H3. The third-order valence-electron chi connectivity index (χ3n) is 2.96. The summed E-state index contributed by atoms with van der Waals surface area (Å²) in [4.78, 5) is 4.29. The first-order valence-electron chi connectivity index (χ1n) is 5.73. The van der Waals surface area contributed by atoms with Crippen LogP contribution in [0.15, 0.2) is 30.6 Å². The highest BCUT2D eigenvalue weighted by molar-refractivity contribution is 5.62. The number of benzene rings is 1. The summed E-state index contributed by atoms with van der Waals surface area (Å²) in [6, 6.07) is 5.93. The van der Waals surface area contributed by atoms with Crippen molar-refractivity contribution in [3.05, 3.63) is 42.0 Å². The molecule has 0 fully saturated rings. The molecule has 0 spiro atoms. The largest absolute Gasteiger partial charge is 0.398 e. The van der Waals surface area contributed by atoms with Crippen LogP contribution in [0.5, 0.6) is 0 Å². The van der Waals surface area contributed by atoms with Gasteiger partial charge in [0.1, 0.15) is 5.82 Å². The Labute approximate surface area is 101 Å². The first-order chi connectivity index (χ1) is 8.18. The zero-order valence-electron chi connectivity index (χ0n) is 10.3. The van der Waals surface area contributed by atoms with Gasteiger partial charge in [-0.1, -0.05) is 6.07 Å². The molecule has 0 aliphatic heterocycles. The maximum absolute atomic E-state index is 5.85. The predicted molar refractivity (Wildman–Crippen MR) is 71.0 cm³/mol. The topological polar surface area (TPSA) is 55.9 Å². The molecule has 4 heteroatoms. The molecule has 3 N–H and O–H groups in total. The van der Waals surface area contributed by atoms with Crippen LogP contribution >= 0.6 is 0 Å². The third kappa shape index (κ3) is 2.58. The van der Waals surface area contributed by atoms with Crippen molar-refractivity contribution < 1.29 is 0 Å². The number of rotatable bonds is 4. The summed E-state index contributed by atoms with van der Waals surface area (Å²) in [5, 5.41) is 3.39. The lowest BCUT2D eigenvalue weighted by Gasteiger charge is -2.11. The number of nitrogens with one attached hydrogen (secondary N) is 1. The molecule has 2 aromatic rings. The second kappa shape index (κ2) is 4.91. The van der Waals surface area contributed by atoms with Gasteiger partial charge in [-0.25, -0.2) is 4.98 Å². The molecule has 0 unspecified atom stereocenters. The Morgan fingerprint density at radius 1 is 1.41 bits per heavy atom. The van der Waals surface area contributed by atoms with E-state index in [1.807, 2.05) is 49.1 Å². The van der Waals surface area contributed by atoms with Gasteiger partial charge in [0.25, 0.3) is 0 Å². The summed E-state index contributed by atoms with van der Waals surface area (Å²) in [5.74, 6) is 1.08. The molecule has 4 nitrogen and oxygen atoms in total. The minimum Gasteiger partial charge on any atom is -0.398 e. The second-order valence-electron chi connectivity index (χ2n) is 4.15. The molecule has 0 aliphatic carbocycles. The van der Waals surface area contributed by atoms with Gasteiger partial charge in [0.05, 0.1) is 0 Å². The predicted octanol–water partition coefficient (Wildman–Crippen LogP) is 1.97. The Morgan fingerprint density at radius 2 is 2.24 bits per heavy atom. The monoisotopic (exact) mass is 230 g/mol. The molecule has 0 aliphatic rings. The van der Waals surface area contributed by atoms with E-state index in [9.17, 15) is 0 Å². The first kappa shape index (κ1) is 11.5. The number of aromatic nitrogens is 2. The molecule has 0 saturated carbocycles. The fraction of sp³-hybridized carbons (Fsp3) is 0.308. The van der Waals surface area contributed by atoms with Gasteiger partial charge in [0.2, 0.25) is 0 Å². The van der Waals surface area contributed by atoms with E-state index in [-0.39, 0.29) is 0 Å². The number of imidazole rings is 1. The van der Waals surface area contributed by atoms with Crippen LogP contribution in [0.4, 0.5) is 11.4 Å². The number of nitrogen functional groups attached to an aromatic ring is 1. The van der Waals surface area contributed by atoms with Crippen LogP contribution in [0.1, 0.15) is 11.4 Å². The fourth-order valence-electron chi connectivity index (χ4n) is 1.79. The van der Waals surface area contributed by atoms with Crippen molar-refractivity contribution in [3.63, 3.8) is 0 Å². The zero-order valence-corrected chi connectivity index (χ0v) is 10.3. The number of anilines is 2. The van der Waals surface area contributed by atoms with Crippen molar-refractivity contribution in [2.45, 2.75) is 13.3 Å². The van der Waals surface area contributed by atoms with Gasteiger partial charge in [-0.15, -0.1) is 0 Å². The van der Waals surface area contributed by atoms with E-state index < -0.39 is 0 Å². The first-order valence-corrected chi connectivity index (χ1v) is 5.73. The number of hydrogen-bond acceptors (Lipinski definition) is 3. The lowest BCUT2D eigenvalue weighted by Crippen LogP contribution is -2.09. The minimum absolute atomic E-state index is 0.826. The van der Waals surface area contributed by atoms with Crippen LogP contribution in [-0.2, 0) is 13.5 Å². The van der Waals surface area contributed by atoms with Gasteiger partial charge < -0.3 is 15.6 Å². The van der Waals surface area contributed by atoms with E-state index >= 15 is 0 Å². The summed E-state index contributed by atoms with van der Waals surface area (Å²) in [5.41, 5.74) is 8.88. The van der Waals surface area contributed by atoms with E-state index in [0.29, 0.717) is 0 Å². The van der Waals surface area contributed by atoms with Crippen LogP contribution in [0.3, 0.4) is 0 Å². The molecule has 0 saturated heterocycles. The summed E-state index contributed by atoms with van der Waals surface area (Å²) in [6.45, 7) is 2.88. The van der Waals surface area contributed by atoms with E-state index in [0.717, 1.165) is 35.7 Å². The highest BCUT2D eigenvalue weighted by Gasteiger charge is 2.02. The Morgan fingerprint density at radius 3 is 2.94 bits per heavy atom. The molecular formula is C13H18N4. The molecule has 0 radical (unpaired) electrons. The lowest BCUT2D eigenvalue weighted by molar-refractivity contribution is 0.789. The van der Waals surface area contributed by atoms with Crippen molar-refractivity contribution in [1.82, 2.24) is 9.55 Å². The highest BCUT2D eigenvalue weighted by atomic mass is 15.0. The Bertz CT molecular complexity index is 502. The third-order valence-corrected chi connectivity index (χ3v) is 2.96. The summed E-state index contributed by atoms with van der Waals surface area (Å²) < 4.78 is 2.04. The summed E-state index contributed by atoms with van der Waals surface area (Å²) >= 11 is 0. The van der Waals surface area contributed by atoms with Crippen molar-refractivity contribution in [2.75, 3.05) is 17.6 Å². The average molecular weight is 230 g/mol. The Balaban J connectivity index is 1.95. The van der Waals surface area contributed by atoms with E-state index in [2.05, 4.69) is 10.3 Å². The Kier molecular flexibility index (Phi) is 3.32. The highest BCUT2D eigenvalue weighted by Crippen LogP contribution is 2.20. The van der Waals surface area contributed by atoms with Crippen LogP contribution < -0.4 is 11.1 Å². The molecule has 2 rings (SSSR count). The normalized spacial score (nSPS) is 10.5. The second-order valence-corrected chi connectivity index (χ2v) is 4.15. The van der Waals surface area contributed by atoms with E-state index in [4.69, 9.17) is 5.73 Å². The lowest BCUT2D eigenvalue weighted by atomic mass is 10.1. The molecule has 90 valence electrons. The number of nitrogens with zero attached hydrogens (tertiary/aromatic N) is 2. The van der Waals surface area contributed by atoms with Crippen molar-refractivity contribution in [1.29, 1.82) is 0 Å². The van der Waals surface area contributed by atoms with Gasteiger partial charge in [0.15, 0.2) is 0 Å². The SMILES string of the molecule is Cc1c(N)cccc1NCCc1nccn1C. The van der Waals surface area contributed by atoms with Gasteiger partial charge >= 0.3 is 0 Å². The van der Waals surface area contributed by atoms with Crippen LogP contribution in [0.2, 0.25) is 0 Å². The minimum atomic E-state index is 0.826. The fourth-order valence-corrected chi connectivity index (χ4v) is 1.79. The van der Waals surface area contributed by atoms with Gasteiger partial charge in [0, 0.05) is 43.8 Å². The molecule has 0 atom stereocenters. The van der Waals surface area contributed by atoms with Gasteiger partial charge in [-0.2, -0.15) is 0 Å². The van der Waals surface area contributed by atoms with Crippen LogP contribution in [-0.4, -0.2) is 16.1 Å². The molecule has 1 aromatic heterocycles. The maximum atomic E-state index is 5.85. The number of aryl methyl sites for hydroxylation is 1. The molecule has 0 amide bonds. The average Bonchev–Trinajstić information content (AvgIpc) is 2.71. The number of hydrogen-bond donors (Lipinski definition) is 2. The summed E-state index contributed by atoms with van der Waals surface area (Å²) in [7, 11) is 2.01. The molecule has 17 heavy (non-hydrogen) atoms. The number of nitrogens with two attached hydrogens (primary N) is 1. The van der Waals surface area contributed by atoms with Crippen molar-refractivity contribution >= 4 is 11.4 Å². The van der Waals surface area contributed by atoms with Crippen LogP contribution in [0, 0.1) is 6.92 Å². The Hall–Kier alpha value is -1.97. The molecule has 1 aromatic carbocycles. The summed E-state index contributed by atoms with van der Waals surface area (Å²) in [6.07, 6.45) is 4.68. The van der Waals surface area contributed by atoms with Crippen molar-refractivity contribution in [3.8, 4) is 0 Å². The van der Waals surface area contributed by atoms with Crippen LogP contribution in [0.25, 0.3) is 0 Å². The van der Waals surface area contributed by atoms with Crippen molar-refractivity contribution in [2.24, 2.45) is 7.05 Å². The van der Waals surface area contributed by atoms with Gasteiger partial charge in [-0.3, -0.25) is 0 Å². The quantitative estimate of drug-likeness (QED) is 0.789. The van der Waals surface area contributed by atoms with E-state index in [1.165, 1.54) is 0 Å². The molecule has 1 heterocycles. The maximum Gasteiger partial charge on any atom is 0.110 e. The smallest absolute Gasteiger partial charge is 0.110 e. The zero-order chi connectivity index (χ0) is 12.3.